The van der Waals surface area contributed by atoms with Crippen LogP contribution in [0.3, 0.4) is 0 Å². The van der Waals surface area contributed by atoms with Gasteiger partial charge in [0.25, 0.3) is 5.91 Å². The van der Waals surface area contributed by atoms with Gasteiger partial charge in [-0.3, -0.25) is 4.79 Å². The highest BCUT2D eigenvalue weighted by Gasteiger charge is 2.32. The average molecular weight is 396 g/mol. The normalized spacial score (nSPS) is 20.6. The number of nitrogens with zero attached hydrogens (tertiary/aromatic N) is 5. The first-order valence-electron chi connectivity index (χ1n) is 10.6. The topological polar surface area (TPSA) is 87.4 Å². The van der Waals surface area contributed by atoms with Crippen LogP contribution in [0.1, 0.15) is 70.8 Å². The summed E-state index contributed by atoms with van der Waals surface area (Å²) in [5.41, 5.74) is 2.83. The van der Waals surface area contributed by atoms with E-state index in [1.165, 1.54) is 11.3 Å². The molecule has 2 aromatic heterocycles. The van der Waals surface area contributed by atoms with Gasteiger partial charge in [-0.15, -0.1) is 0 Å². The first-order chi connectivity index (χ1) is 14.1. The van der Waals surface area contributed by atoms with Gasteiger partial charge < -0.3 is 19.6 Å². The molecule has 1 saturated heterocycles. The fourth-order valence-corrected chi connectivity index (χ4v) is 4.41. The summed E-state index contributed by atoms with van der Waals surface area (Å²) in [6.07, 6.45) is 4.99. The molecule has 5 rings (SSSR count). The quantitative estimate of drug-likeness (QED) is 0.849. The Morgan fingerprint density at radius 1 is 1.14 bits per heavy atom. The predicted octanol–water partition coefficient (Wildman–Crippen LogP) is 2.39. The average Bonchev–Trinajstić information content (AvgIpc) is 3.49. The second kappa shape index (κ2) is 7.40. The Hall–Kier alpha value is -2.48. The number of carbonyl (C=O) groups is 1. The molecule has 4 heterocycles. The van der Waals surface area contributed by atoms with E-state index >= 15 is 0 Å². The van der Waals surface area contributed by atoms with Crippen molar-refractivity contribution in [1.82, 2.24) is 24.9 Å². The summed E-state index contributed by atoms with van der Waals surface area (Å²) in [7, 11) is 4.06. The number of hydrogen-bond donors (Lipinski definition) is 1. The number of fused-ring (bicyclic) bond motifs is 1. The van der Waals surface area contributed by atoms with Crippen molar-refractivity contribution in [2.75, 3.05) is 39.0 Å². The molecule has 1 saturated carbocycles. The standard InChI is InChI=1S/C21H28N6O2/c1-22-20-15-12-26(2)8-7-16(15)23-19(24-20)14-5-9-27(10-6-14)21(28)17-11-18(29-25-17)13-3-4-13/h11,13-14H,3-10,12H2,1-2H3,(H,22,23,24). The van der Waals surface area contributed by atoms with E-state index in [0.29, 0.717) is 24.7 Å². The van der Waals surface area contributed by atoms with Crippen LogP contribution < -0.4 is 5.32 Å². The molecule has 0 aromatic carbocycles. The molecule has 8 heteroatoms. The van der Waals surface area contributed by atoms with Crippen LogP contribution >= 0.6 is 0 Å². The van der Waals surface area contributed by atoms with Crippen LogP contribution in [0.25, 0.3) is 0 Å². The summed E-state index contributed by atoms with van der Waals surface area (Å²) in [6.45, 7) is 3.32. The Labute approximate surface area is 170 Å². The summed E-state index contributed by atoms with van der Waals surface area (Å²) >= 11 is 0. The molecule has 0 radical (unpaired) electrons. The SMILES string of the molecule is CNc1nc(C2CCN(C(=O)c3cc(C4CC4)on3)CC2)nc2c1CN(C)CC2. The van der Waals surface area contributed by atoms with E-state index in [4.69, 9.17) is 14.5 Å². The van der Waals surface area contributed by atoms with Crippen LogP contribution in [0.15, 0.2) is 10.6 Å². The van der Waals surface area contributed by atoms with E-state index in [-0.39, 0.29) is 11.8 Å². The molecule has 0 atom stereocenters. The lowest BCUT2D eigenvalue weighted by Crippen LogP contribution is -2.38. The molecule has 1 amide bonds. The lowest BCUT2D eigenvalue weighted by atomic mass is 9.95. The highest BCUT2D eigenvalue weighted by atomic mass is 16.5. The maximum Gasteiger partial charge on any atom is 0.276 e. The van der Waals surface area contributed by atoms with Crippen LogP contribution in [0.2, 0.25) is 0 Å². The van der Waals surface area contributed by atoms with Gasteiger partial charge in [0.2, 0.25) is 0 Å². The minimum absolute atomic E-state index is 0.0237. The van der Waals surface area contributed by atoms with Crippen molar-refractivity contribution < 1.29 is 9.32 Å². The summed E-state index contributed by atoms with van der Waals surface area (Å²) in [5, 5.41) is 7.26. The molecule has 0 spiro atoms. The van der Waals surface area contributed by atoms with Crippen LogP contribution in [-0.2, 0) is 13.0 Å². The van der Waals surface area contributed by atoms with Crippen molar-refractivity contribution in [2.45, 2.75) is 50.5 Å². The van der Waals surface area contributed by atoms with Gasteiger partial charge >= 0.3 is 0 Å². The third-order valence-corrected chi connectivity index (χ3v) is 6.38. The molecule has 3 aliphatic rings. The predicted molar refractivity (Wildman–Crippen MR) is 108 cm³/mol. The third-order valence-electron chi connectivity index (χ3n) is 6.38. The number of nitrogens with one attached hydrogen (secondary N) is 1. The first-order valence-corrected chi connectivity index (χ1v) is 10.6. The van der Waals surface area contributed by atoms with Crippen molar-refractivity contribution in [3.63, 3.8) is 0 Å². The summed E-state index contributed by atoms with van der Waals surface area (Å²) < 4.78 is 5.35. The third kappa shape index (κ3) is 3.61. The minimum Gasteiger partial charge on any atom is -0.373 e. The smallest absolute Gasteiger partial charge is 0.276 e. The molecule has 0 unspecified atom stereocenters. The highest BCUT2D eigenvalue weighted by molar-refractivity contribution is 5.92. The summed E-state index contributed by atoms with van der Waals surface area (Å²) in [5.74, 6) is 3.46. The van der Waals surface area contributed by atoms with Crippen molar-refractivity contribution in [1.29, 1.82) is 0 Å². The van der Waals surface area contributed by atoms with Crippen molar-refractivity contribution >= 4 is 11.7 Å². The lowest BCUT2D eigenvalue weighted by molar-refractivity contribution is 0.0700. The Kier molecular flexibility index (Phi) is 4.73. The molecule has 2 fully saturated rings. The van der Waals surface area contributed by atoms with E-state index in [9.17, 15) is 4.79 Å². The molecule has 1 aliphatic carbocycles. The van der Waals surface area contributed by atoms with Gasteiger partial charge in [-0.2, -0.15) is 0 Å². The van der Waals surface area contributed by atoms with Crippen molar-refractivity contribution in [3.05, 3.63) is 34.6 Å². The van der Waals surface area contributed by atoms with Crippen molar-refractivity contribution in [3.8, 4) is 0 Å². The largest absolute Gasteiger partial charge is 0.373 e. The number of hydrogen-bond acceptors (Lipinski definition) is 7. The monoisotopic (exact) mass is 396 g/mol. The Morgan fingerprint density at radius 2 is 1.93 bits per heavy atom. The zero-order valence-electron chi connectivity index (χ0n) is 17.1. The minimum atomic E-state index is -0.0237. The molecule has 0 bridgehead atoms. The van der Waals surface area contributed by atoms with Gasteiger partial charge in [0.05, 0.1) is 5.69 Å². The second-order valence-electron chi connectivity index (χ2n) is 8.55. The Balaban J connectivity index is 1.27. The number of likely N-dealkylation sites (tertiary alicyclic amines) is 1. The van der Waals surface area contributed by atoms with Crippen LogP contribution in [-0.4, -0.2) is 64.6 Å². The highest BCUT2D eigenvalue weighted by Crippen LogP contribution is 2.40. The molecule has 154 valence electrons. The number of carbonyl (C=O) groups excluding carboxylic acids is 1. The molecule has 29 heavy (non-hydrogen) atoms. The first kappa shape index (κ1) is 18.5. The summed E-state index contributed by atoms with van der Waals surface area (Å²) in [4.78, 5) is 26.7. The Bertz CT molecular complexity index is 897. The van der Waals surface area contributed by atoms with Gasteiger partial charge in [0.1, 0.15) is 17.4 Å². The van der Waals surface area contributed by atoms with E-state index in [1.54, 1.807) is 0 Å². The zero-order valence-corrected chi connectivity index (χ0v) is 17.1. The lowest BCUT2D eigenvalue weighted by Gasteiger charge is -2.32. The Morgan fingerprint density at radius 3 is 2.66 bits per heavy atom. The van der Waals surface area contributed by atoms with Crippen LogP contribution in [0.5, 0.6) is 0 Å². The van der Waals surface area contributed by atoms with Crippen molar-refractivity contribution in [2.24, 2.45) is 0 Å². The van der Waals surface area contributed by atoms with E-state index in [1.807, 2.05) is 18.0 Å². The second-order valence-corrected chi connectivity index (χ2v) is 8.55. The molecule has 2 aromatic rings. The number of rotatable bonds is 4. The summed E-state index contributed by atoms with van der Waals surface area (Å²) in [6, 6.07) is 1.83. The molecular formula is C21H28N6O2. The van der Waals surface area contributed by atoms with E-state index in [2.05, 4.69) is 22.4 Å². The van der Waals surface area contributed by atoms with Gasteiger partial charge in [-0.1, -0.05) is 5.16 Å². The van der Waals surface area contributed by atoms with Gasteiger partial charge in [0, 0.05) is 63.1 Å². The van der Waals surface area contributed by atoms with Crippen LogP contribution in [0.4, 0.5) is 5.82 Å². The maximum absolute atomic E-state index is 12.8. The molecule has 2 aliphatic heterocycles. The maximum atomic E-state index is 12.8. The number of amides is 1. The molecule has 1 N–H and O–H groups in total. The van der Waals surface area contributed by atoms with Gasteiger partial charge in [0.15, 0.2) is 5.69 Å². The fourth-order valence-electron chi connectivity index (χ4n) is 4.41. The van der Waals surface area contributed by atoms with E-state index < -0.39 is 0 Å². The number of piperidine rings is 1. The molecule has 8 nitrogen and oxygen atoms in total. The molecular weight excluding hydrogens is 368 g/mol. The van der Waals surface area contributed by atoms with Crippen LogP contribution in [0, 0.1) is 0 Å². The van der Waals surface area contributed by atoms with Gasteiger partial charge in [-0.25, -0.2) is 9.97 Å². The number of likely N-dealkylation sites (N-methyl/N-ethyl adjacent to an activating group) is 1. The van der Waals surface area contributed by atoms with E-state index in [0.717, 1.165) is 62.6 Å². The van der Waals surface area contributed by atoms with Gasteiger partial charge in [-0.05, 0) is 32.7 Å². The number of anilines is 1. The fraction of sp³-hybridized carbons (Fsp3) is 0.619. The number of aromatic nitrogens is 3. The zero-order chi connectivity index (χ0) is 20.0.